The van der Waals surface area contributed by atoms with Crippen LogP contribution in [-0.2, 0) is 13.2 Å². The van der Waals surface area contributed by atoms with Crippen LogP contribution in [0.4, 0.5) is 13.2 Å². The lowest BCUT2D eigenvalue weighted by molar-refractivity contribution is -0.138. The SMILES string of the molecule is Cn1c(=O)c(O)c(C(=O)NCCCOc2ccccc2C(F)(F)F)c2ccccc21. The third kappa shape index (κ3) is 4.24. The molecule has 1 aromatic heterocycles. The summed E-state index contributed by atoms with van der Waals surface area (Å²) < 4.78 is 45.3. The Morgan fingerprint density at radius 2 is 1.80 bits per heavy atom. The van der Waals surface area contributed by atoms with Crippen LogP contribution < -0.4 is 15.6 Å². The van der Waals surface area contributed by atoms with Crippen molar-refractivity contribution < 1.29 is 27.8 Å². The Morgan fingerprint density at radius 1 is 1.13 bits per heavy atom. The van der Waals surface area contributed by atoms with Crippen LogP contribution in [0.15, 0.2) is 53.3 Å². The van der Waals surface area contributed by atoms with Crippen LogP contribution in [0.2, 0.25) is 0 Å². The summed E-state index contributed by atoms with van der Waals surface area (Å²) in [7, 11) is 1.49. The van der Waals surface area contributed by atoms with Gasteiger partial charge in [0.15, 0.2) is 5.75 Å². The topological polar surface area (TPSA) is 80.6 Å². The van der Waals surface area contributed by atoms with Crippen molar-refractivity contribution in [1.82, 2.24) is 9.88 Å². The molecule has 1 heterocycles. The van der Waals surface area contributed by atoms with Crippen molar-refractivity contribution in [2.45, 2.75) is 12.6 Å². The van der Waals surface area contributed by atoms with Gasteiger partial charge in [0.25, 0.3) is 11.5 Å². The first-order chi connectivity index (χ1) is 14.2. The maximum absolute atomic E-state index is 13.0. The molecule has 0 aliphatic heterocycles. The summed E-state index contributed by atoms with van der Waals surface area (Å²) >= 11 is 0. The Hall–Kier alpha value is -3.49. The molecule has 0 aliphatic rings. The fourth-order valence-corrected chi connectivity index (χ4v) is 3.08. The van der Waals surface area contributed by atoms with E-state index in [1.165, 1.54) is 29.8 Å². The van der Waals surface area contributed by atoms with Crippen LogP contribution in [0.1, 0.15) is 22.3 Å². The molecular formula is C21H19F3N2O4. The molecule has 0 atom stereocenters. The van der Waals surface area contributed by atoms with Crippen molar-refractivity contribution in [3.63, 3.8) is 0 Å². The van der Waals surface area contributed by atoms with E-state index < -0.39 is 29.0 Å². The molecule has 0 unspecified atom stereocenters. The van der Waals surface area contributed by atoms with E-state index in [0.29, 0.717) is 10.9 Å². The second-order valence-corrected chi connectivity index (χ2v) is 6.56. The molecule has 0 aliphatic carbocycles. The van der Waals surface area contributed by atoms with Crippen molar-refractivity contribution >= 4 is 16.8 Å². The molecule has 3 rings (SSSR count). The van der Waals surface area contributed by atoms with Gasteiger partial charge >= 0.3 is 6.18 Å². The Bertz CT molecular complexity index is 1140. The van der Waals surface area contributed by atoms with E-state index in [4.69, 9.17) is 4.74 Å². The number of hydrogen-bond donors (Lipinski definition) is 2. The zero-order chi connectivity index (χ0) is 21.9. The van der Waals surface area contributed by atoms with Gasteiger partial charge in [-0.2, -0.15) is 13.2 Å². The number of fused-ring (bicyclic) bond motifs is 1. The number of carbonyl (C=O) groups is 1. The minimum absolute atomic E-state index is 0.0589. The first kappa shape index (κ1) is 21.2. The van der Waals surface area contributed by atoms with Crippen molar-refractivity contribution in [2.24, 2.45) is 7.05 Å². The average molecular weight is 420 g/mol. The molecule has 2 aromatic carbocycles. The fraction of sp³-hybridized carbons (Fsp3) is 0.238. The van der Waals surface area contributed by atoms with E-state index in [1.54, 1.807) is 24.3 Å². The lowest BCUT2D eigenvalue weighted by Crippen LogP contribution is -2.29. The predicted octanol–water partition coefficient (Wildman–Crippen LogP) is 3.46. The predicted molar refractivity (Wildman–Crippen MR) is 105 cm³/mol. The molecule has 0 fully saturated rings. The fourth-order valence-electron chi connectivity index (χ4n) is 3.08. The molecular weight excluding hydrogens is 401 g/mol. The summed E-state index contributed by atoms with van der Waals surface area (Å²) in [5.74, 6) is -1.60. The van der Waals surface area contributed by atoms with Gasteiger partial charge in [0, 0.05) is 19.0 Å². The summed E-state index contributed by atoms with van der Waals surface area (Å²) in [6.07, 6.45) is -4.30. The number of benzene rings is 2. The Balaban J connectivity index is 1.65. The molecule has 2 N–H and O–H groups in total. The number of nitrogens with zero attached hydrogens (tertiary/aromatic N) is 1. The molecule has 0 saturated carbocycles. The number of aromatic hydroxyl groups is 1. The lowest BCUT2D eigenvalue weighted by Gasteiger charge is -2.14. The van der Waals surface area contributed by atoms with E-state index in [1.807, 2.05) is 0 Å². The molecule has 9 heteroatoms. The Kier molecular flexibility index (Phi) is 6.00. The quantitative estimate of drug-likeness (QED) is 0.599. The number of alkyl halides is 3. The number of aromatic nitrogens is 1. The second-order valence-electron chi connectivity index (χ2n) is 6.56. The number of halogens is 3. The highest BCUT2D eigenvalue weighted by atomic mass is 19.4. The number of hydrogen-bond acceptors (Lipinski definition) is 4. The van der Waals surface area contributed by atoms with Gasteiger partial charge in [-0.3, -0.25) is 9.59 Å². The van der Waals surface area contributed by atoms with Crippen LogP contribution in [-0.4, -0.2) is 28.7 Å². The van der Waals surface area contributed by atoms with Crippen molar-refractivity contribution in [3.8, 4) is 11.5 Å². The van der Waals surface area contributed by atoms with Crippen LogP contribution >= 0.6 is 0 Å². The number of carbonyl (C=O) groups excluding carboxylic acids is 1. The Labute approximate surface area is 169 Å². The van der Waals surface area contributed by atoms with Crippen LogP contribution in [0, 0.1) is 0 Å². The van der Waals surface area contributed by atoms with Gasteiger partial charge in [-0.05, 0) is 24.6 Å². The van der Waals surface area contributed by atoms with Gasteiger partial charge in [-0.25, -0.2) is 0 Å². The van der Waals surface area contributed by atoms with E-state index in [0.717, 1.165) is 6.07 Å². The standard InChI is InChI=1S/C21H19F3N2O4/c1-26-15-9-4-2-7-13(15)17(18(27)20(26)29)19(28)25-11-6-12-30-16-10-5-3-8-14(16)21(22,23)24/h2-5,7-10,27H,6,11-12H2,1H3,(H,25,28). The van der Waals surface area contributed by atoms with Crippen molar-refractivity contribution in [3.05, 3.63) is 70.0 Å². The molecule has 3 aromatic rings. The van der Waals surface area contributed by atoms with E-state index in [9.17, 15) is 27.9 Å². The zero-order valence-electron chi connectivity index (χ0n) is 16.0. The van der Waals surface area contributed by atoms with Crippen LogP contribution in [0.3, 0.4) is 0 Å². The summed E-state index contributed by atoms with van der Waals surface area (Å²) in [4.78, 5) is 24.7. The first-order valence-electron chi connectivity index (χ1n) is 9.09. The van der Waals surface area contributed by atoms with Crippen molar-refractivity contribution in [1.29, 1.82) is 0 Å². The normalized spacial score (nSPS) is 11.5. The molecule has 0 bridgehead atoms. The molecule has 30 heavy (non-hydrogen) atoms. The third-order valence-corrected chi connectivity index (χ3v) is 4.56. The van der Waals surface area contributed by atoms with Crippen LogP contribution in [0.5, 0.6) is 11.5 Å². The molecule has 0 spiro atoms. The number of ether oxygens (including phenoxy) is 1. The number of para-hydroxylation sites is 2. The summed E-state index contributed by atoms with van der Waals surface area (Å²) in [5.41, 5.74) is -1.23. The smallest absolute Gasteiger partial charge is 0.419 e. The average Bonchev–Trinajstić information content (AvgIpc) is 2.71. The van der Waals surface area contributed by atoms with Crippen molar-refractivity contribution in [2.75, 3.05) is 13.2 Å². The highest BCUT2D eigenvalue weighted by molar-refractivity contribution is 6.08. The monoisotopic (exact) mass is 420 g/mol. The highest BCUT2D eigenvalue weighted by Gasteiger charge is 2.33. The molecule has 158 valence electrons. The maximum atomic E-state index is 13.0. The molecule has 0 saturated heterocycles. The van der Waals surface area contributed by atoms with E-state index in [-0.39, 0.29) is 30.9 Å². The number of amides is 1. The third-order valence-electron chi connectivity index (χ3n) is 4.56. The van der Waals surface area contributed by atoms with E-state index in [2.05, 4.69) is 5.32 Å². The number of pyridine rings is 1. The van der Waals surface area contributed by atoms with Crippen LogP contribution in [0.25, 0.3) is 10.9 Å². The van der Waals surface area contributed by atoms with Gasteiger partial charge in [0.2, 0.25) is 0 Å². The van der Waals surface area contributed by atoms with Gasteiger partial charge in [0.05, 0.1) is 23.3 Å². The van der Waals surface area contributed by atoms with Gasteiger partial charge < -0.3 is 19.7 Å². The van der Waals surface area contributed by atoms with Gasteiger partial charge in [-0.1, -0.05) is 30.3 Å². The number of rotatable bonds is 6. The molecule has 6 nitrogen and oxygen atoms in total. The minimum Gasteiger partial charge on any atom is -0.502 e. The zero-order valence-corrected chi connectivity index (χ0v) is 16.0. The molecule has 0 radical (unpaired) electrons. The van der Waals surface area contributed by atoms with E-state index >= 15 is 0 Å². The second kappa shape index (κ2) is 8.48. The Morgan fingerprint density at radius 3 is 2.53 bits per heavy atom. The maximum Gasteiger partial charge on any atom is 0.419 e. The number of nitrogens with one attached hydrogen (secondary N) is 1. The first-order valence-corrected chi connectivity index (χ1v) is 9.09. The van der Waals surface area contributed by atoms with Gasteiger partial charge in [-0.15, -0.1) is 0 Å². The van der Waals surface area contributed by atoms with Gasteiger partial charge in [0.1, 0.15) is 5.75 Å². The summed E-state index contributed by atoms with van der Waals surface area (Å²) in [6.45, 7) is 0.0205. The summed E-state index contributed by atoms with van der Waals surface area (Å²) in [5, 5.41) is 13.1. The largest absolute Gasteiger partial charge is 0.502 e. The summed E-state index contributed by atoms with van der Waals surface area (Å²) in [6, 6.07) is 11.5. The highest BCUT2D eigenvalue weighted by Crippen LogP contribution is 2.35. The molecule has 1 amide bonds. The lowest BCUT2D eigenvalue weighted by atomic mass is 10.1. The number of aryl methyl sites for hydroxylation is 1. The minimum atomic E-state index is -4.52.